The Labute approximate surface area is 224 Å². The van der Waals surface area contributed by atoms with Crippen molar-refractivity contribution in [2.75, 3.05) is 0 Å². The monoisotopic (exact) mass is 660 g/mol. The summed E-state index contributed by atoms with van der Waals surface area (Å²) in [6.45, 7) is 9.24. The van der Waals surface area contributed by atoms with E-state index in [2.05, 4.69) is 63.0 Å². The molecule has 2 aliphatic rings. The molecule has 35 heavy (non-hydrogen) atoms. The third-order valence-corrected chi connectivity index (χ3v) is 9.58. The minimum absolute atomic E-state index is 0. The zero-order chi connectivity index (χ0) is 23.7. The summed E-state index contributed by atoms with van der Waals surface area (Å²) in [5.74, 6) is 1.11. The van der Waals surface area contributed by atoms with Gasteiger partial charge in [-0.25, -0.2) is 4.98 Å². The fourth-order valence-electron chi connectivity index (χ4n) is 5.42. The van der Waals surface area contributed by atoms with E-state index in [1.165, 1.54) is 11.1 Å². The molecule has 180 valence electrons. The van der Waals surface area contributed by atoms with Crippen LogP contribution in [0.3, 0.4) is 0 Å². The number of aromatic hydroxyl groups is 1. The molecule has 2 atom stereocenters. The minimum atomic E-state index is -0.324. The van der Waals surface area contributed by atoms with E-state index in [9.17, 15) is 5.11 Å². The molecule has 0 radical (unpaired) electrons. The Morgan fingerprint density at radius 1 is 0.857 bits per heavy atom. The molecule has 0 saturated carbocycles. The van der Waals surface area contributed by atoms with Crippen LogP contribution in [0.5, 0.6) is 17.4 Å². The van der Waals surface area contributed by atoms with Gasteiger partial charge in [-0.05, 0) is 37.1 Å². The quantitative estimate of drug-likeness (QED) is 0.241. The Morgan fingerprint density at radius 3 is 2.40 bits per heavy atom. The van der Waals surface area contributed by atoms with Gasteiger partial charge in [0, 0.05) is 53.5 Å². The van der Waals surface area contributed by atoms with Crippen LogP contribution in [0.4, 0.5) is 0 Å². The molecule has 3 aromatic carbocycles. The summed E-state index contributed by atoms with van der Waals surface area (Å²) < 4.78 is 5.92. The Balaban J connectivity index is 0.00000253. The molecular formula is C29H25N2O2PtS-. The van der Waals surface area contributed by atoms with Crippen molar-refractivity contribution in [2.45, 2.75) is 43.4 Å². The number of fused-ring (bicyclic) bond motifs is 4. The van der Waals surface area contributed by atoms with Crippen molar-refractivity contribution in [1.29, 1.82) is 0 Å². The third-order valence-electron chi connectivity index (χ3n) is 7.76. The first-order valence-electron chi connectivity index (χ1n) is 11.4. The second kappa shape index (κ2) is 8.21. The number of hydrogen-bond acceptors (Lipinski definition) is 5. The van der Waals surface area contributed by atoms with E-state index in [-0.39, 0.29) is 42.5 Å². The number of hydrogen-bond donors (Lipinski definition) is 1. The molecule has 2 heterocycles. The van der Waals surface area contributed by atoms with Crippen molar-refractivity contribution in [3.05, 3.63) is 95.6 Å². The topological polar surface area (TPSA) is 54.7 Å². The normalized spacial score (nSPS) is 23.8. The van der Waals surface area contributed by atoms with Gasteiger partial charge in [-0.3, -0.25) is 0 Å². The number of para-hydroxylation sites is 1. The van der Waals surface area contributed by atoms with Crippen molar-refractivity contribution < 1.29 is 30.9 Å². The van der Waals surface area contributed by atoms with Crippen molar-refractivity contribution in [3.63, 3.8) is 0 Å². The fraction of sp³-hybridized carbons (Fsp3) is 0.241. The Bertz CT molecular complexity index is 1500. The number of ether oxygens (including phenoxy) is 1. The van der Waals surface area contributed by atoms with Crippen molar-refractivity contribution in [1.82, 2.24) is 4.98 Å². The van der Waals surface area contributed by atoms with E-state index < -0.39 is 0 Å². The van der Waals surface area contributed by atoms with Crippen LogP contribution in [0.2, 0.25) is 0 Å². The van der Waals surface area contributed by atoms with Gasteiger partial charge in [0.15, 0.2) is 0 Å². The summed E-state index contributed by atoms with van der Waals surface area (Å²) in [7, 11) is 0. The Kier molecular flexibility index (Phi) is 5.65. The molecule has 1 aromatic heterocycles. The number of aliphatic imine (C=N–C) groups is 1. The van der Waals surface area contributed by atoms with Crippen LogP contribution >= 0.6 is 11.8 Å². The van der Waals surface area contributed by atoms with Gasteiger partial charge in [0.25, 0.3) is 0 Å². The predicted octanol–water partition coefficient (Wildman–Crippen LogP) is 6.99. The van der Waals surface area contributed by atoms with E-state index in [1.54, 1.807) is 18.2 Å². The standard InChI is InChI=1S/C29H25N2O2S.Pt/c1-27(2)21-12-5-6-13-22(21)28(3)29(27,4)34-26(31-28)19-10-7-11-20(17-19)33-24-16-15-18-9-8-14-23(32)25(18)30-24;/h5-16,32H,1-4H3;/q-1;/t28-,29+;/m0./s1. The first kappa shape index (κ1) is 24.1. The first-order chi connectivity index (χ1) is 16.2. The molecule has 4 nitrogen and oxygen atoms in total. The van der Waals surface area contributed by atoms with Crippen LogP contribution < -0.4 is 4.74 Å². The second-order valence-corrected chi connectivity index (χ2v) is 11.2. The van der Waals surface area contributed by atoms with E-state index in [0.29, 0.717) is 17.1 Å². The number of nitrogens with zero attached hydrogens (tertiary/aromatic N) is 2. The van der Waals surface area contributed by atoms with E-state index in [0.717, 1.165) is 16.0 Å². The maximum Gasteiger partial charge on any atom is 0.217 e. The smallest absolute Gasteiger partial charge is 0.217 e. The zero-order valence-electron chi connectivity index (χ0n) is 19.9. The molecule has 1 N–H and O–H groups in total. The summed E-state index contributed by atoms with van der Waals surface area (Å²) >= 11 is 1.83. The van der Waals surface area contributed by atoms with Gasteiger partial charge < -0.3 is 14.8 Å². The summed E-state index contributed by atoms with van der Waals surface area (Å²) in [5, 5.41) is 12.0. The number of aromatic nitrogens is 1. The summed E-state index contributed by atoms with van der Waals surface area (Å²) in [5.41, 5.74) is 3.74. The Hall–Kier alpha value is -2.62. The van der Waals surface area contributed by atoms with Crippen LogP contribution in [0.1, 0.15) is 44.4 Å². The van der Waals surface area contributed by atoms with E-state index >= 15 is 0 Å². The largest absolute Gasteiger partial charge is 0.506 e. The number of benzene rings is 3. The average molecular weight is 661 g/mol. The van der Waals surface area contributed by atoms with Gasteiger partial charge in [-0.15, -0.1) is 35.5 Å². The molecule has 4 aromatic rings. The van der Waals surface area contributed by atoms with Crippen molar-refractivity contribution in [2.24, 2.45) is 4.99 Å². The molecule has 0 fully saturated rings. The molecular weight excluding hydrogens is 635 g/mol. The van der Waals surface area contributed by atoms with Crippen LogP contribution in [-0.4, -0.2) is 19.9 Å². The van der Waals surface area contributed by atoms with Gasteiger partial charge in [0.1, 0.15) is 11.3 Å². The van der Waals surface area contributed by atoms with Crippen LogP contribution in [-0.2, 0) is 32.0 Å². The van der Waals surface area contributed by atoms with Crippen molar-refractivity contribution >= 4 is 27.7 Å². The number of rotatable bonds is 3. The van der Waals surface area contributed by atoms with Crippen LogP contribution in [0, 0.1) is 6.07 Å². The van der Waals surface area contributed by atoms with Gasteiger partial charge in [0.2, 0.25) is 5.88 Å². The molecule has 1 aliphatic carbocycles. The van der Waals surface area contributed by atoms with Crippen LogP contribution in [0.25, 0.3) is 10.9 Å². The predicted molar refractivity (Wildman–Crippen MR) is 138 cm³/mol. The molecule has 0 spiro atoms. The van der Waals surface area contributed by atoms with Gasteiger partial charge in [-0.2, -0.15) is 0 Å². The van der Waals surface area contributed by atoms with Gasteiger partial charge in [-0.1, -0.05) is 56.3 Å². The minimum Gasteiger partial charge on any atom is -0.506 e. The first-order valence-corrected chi connectivity index (χ1v) is 12.2. The number of phenolic OH excluding ortho intramolecular Hbond substituents is 1. The molecule has 6 rings (SSSR count). The molecule has 0 bridgehead atoms. The second-order valence-electron chi connectivity index (χ2n) is 9.82. The molecule has 0 saturated heterocycles. The molecule has 0 amide bonds. The number of thioether (sulfide) groups is 1. The third kappa shape index (κ3) is 3.39. The molecule has 6 heteroatoms. The number of pyridine rings is 1. The zero-order valence-corrected chi connectivity index (χ0v) is 23.0. The average Bonchev–Trinajstić information content (AvgIpc) is 3.18. The Morgan fingerprint density at radius 2 is 1.60 bits per heavy atom. The summed E-state index contributed by atoms with van der Waals surface area (Å²) in [6, 6.07) is 27.0. The van der Waals surface area contributed by atoms with Gasteiger partial charge >= 0.3 is 0 Å². The maximum absolute atomic E-state index is 10.1. The van der Waals surface area contributed by atoms with Crippen LogP contribution in [0.15, 0.2) is 77.8 Å². The van der Waals surface area contributed by atoms with E-state index in [1.807, 2.05) is 42.1 Å². The molecule has 0 unspecified atom stereocenters. The SMILES string of the molecule is CC1(C)c2ccccc2[C@]2(C)N=C(c3[c-]c(Oc4ccc5cccc(O)c5n4)ccc3)S[C@]12C.[Pt]. The van der Waals surface area contributed by atoms with E-state index in [4.69, 9.17) is 9.73 Å². The van der Waals surface area contributed by atoms with Crippen molar-refractivity contribution in [3.8, 4) is 17.4 Å². The van der Waals surface area contributed by atoms with Gasteiger partial charge in [0.05, 0.1) is 5.54 Å². The maximum atomic E-state index is 10.1. The molecule has 1 aliphatic heterocycles. The number of phenols is 1. The fourth-order valence-corrected chi connectivity index (χ4v) is 6.98. The summed E-state index contributed by atoms with van der Waals surface area (Å²) in [4.78, 5) is 9.79. The summed E-state index contributed by atoms with van der Waals surface area (Å²) in [6.07, 6.45) is 0.